The molecule has 0 aliphatic carbocycles. The minimum Gasteiger partial charge on any atom is -0.497 e. The zero-order valence-corrected chi connectivity index (χ0v) is 15.6. The second kappa shape index (κ2) is 9.17. The normalized spacial score (nSPS) is 11.8. The number of hydrogen-bond acceptors (Lipinski definition) is 5. The van der Waals surface area contributed by atoms with Crippen molar-refractivity contribution in [3.8, 4) is 5.75 Å². The van der Waals surface area contributed by atoms with Crippen molar-refractivity contribution in [3.05, 3.63) is 52.2 Å². The van der Waals surface area contributed by atoms with E-state index in [4.69, 9.17) is 9.47 Å². The van der Waals surface area contributed by atoms with Crippen LogP contribution < -0.4 is 4.74 Å². The molecule has 0 saturated carbocycles. The summed E-state index contributed by atoms with van der Waals surface area (Å²) in [5.74, 6) is 0.841. The van der Waals surface area contributed by atoms with Crippen molar-refractivity contribution in [1.29, 1.82) is 0 Å². The Morgan fingerprint density at radius 2 is 1.83 bits per heavy atom. The van der Waals surface area contributed by atoms with Crippen LogP contribution in [0, 0.1) is 0 Å². The van der Waals surface area contributed by atoms with Gasteiger partial charge >= 0.3 is 0 Å². The van der Waals surface area contributed by atoms with Crippen molar-refractivity contribution in [2.24, 2.45) is 0 Å². The standard InChI is InChI=1S/C17H23NO4S2/c1-21-10-9-18(13-16-7-11-23-14-16)24(19,20)12-8-15-3-5-17(22-2)6-4-15/h3-7,11,14H,8-10,12-13H2,1-2H3. The molecule has 5 nitrogen and oxygen atoms in total. The number of methoxy groups -OCH3 is 2. The zero-order valence-electron chi connectivity index (χ0n) is 14.0. The molecule has 0 unspecified atom stereocenters. The molecule has 0 N–H and O–H groups in total. The maximum absolute atomic E-state index is 12.7. The average Bonchev–Trinajstić information content (AvgIpc) is 3.10. The van der Waals surface area contributed by atoms with E-state index in [2.05, 4.69) is 0 Å². The second-order valence-corrected chi connectivity index (χ2v) is 8.24. The minimum atomic E-state index is -3.36. The molecule has 2 aromatic rings. The topological polar surface area (TPSA) is 55.8 Å². The van der Waals surface area contributed by atoms with Gasteiger partial charge in [-0.05, 0) is 46.5 Å². The fourth-order valence-corrected chi connectivity index (χ4v) is 4.37. The number of benzene rings is 1. The van der Waals surface area contributed by atoms with Crippen LogP contribution in [0.1, 0.15) is 11.1 Å². The van der Waals surface area contributed by atoms with Gasteiger partial charge in [-0.25, -0.2) is 8.42 Å². The predicted molar refractivity (Wildman–Crippen MR) is 97.1 cm³/mol. The molecule has 2 rings (SSSR count). The molecule has 0 atom stereocenters. The van der Waals surface area contributed by atoms with Gasteiger partial charge in [0, 0.05) is 20.2 Å². The van der Waals surface area contributed by atoms with E-state index < -0.39 is 10.0 Å². The van der Waals surface area contributed by atoms with Gasteiger partial charge < -0.3 is 9.47 Å². The first-order valence-electron chi connectivity index (χ1n) is 7.66. The molecule has 132 valence electrons. The number of sulfonamides is 1. The lowest BCUT2D eigenvalue weighted by Crippen LogP contribution is -2.35. The summed E-state index contributed by atoms with van der Waals surface area (Å²) in [5.41, 5.74) is 1.98. The first kappa shape index (κ1) is 18.9. The van der Waals surface area contributed by atoms with Crippen molar-refractivity contribution >= 4 is 21.4 Å². The van der Waals surface area contributed by atoms with Crippen LogP contribution in [0.4, 0.5) is 0 Å². The Balaban J connectivity index is 2.02. The molecule has 0 radical (unpaired) electrons. The van der Waals surface area contributed by atoms with Crippen LogP contribution in [0.25, 0.3) is 0 Å². The number of aryl methyl sites for hydroxylation is 1. The van der Waals surface area contributed by atoms with Gasteiger partial charge in [-0.2, -0.15) is 15.6 Å². The van der Waals surface area contributed by atoms with Gasteiger partial charge in [-0.1, -0.05) is 12.1 Å². The Kier molecular flexibility index (Phi) is 7.23. The molecule has 0 amide bonds. The number of ether oxygens (including phenoxy) is 2. The van der Waals surface area contributed by atoms with Crippen LogP contribution in [0.15, 0.2) is 41.1 Å². The highest BCUT2D eigenvalue weighted by molar-refractivity contribution is 7.89. The van der Waals surface area contributed by atoms with E-state index in [0.29, 0.717) is 26.1 Å². The number of hydrogen-bond donors (Lipinski definition) is 0. The van der Waals surface area contributed by atoms with Crippen molar-refractivity contribution in [2.45, 2.75) is 13.0 Å². The molecule has 0 aliphatic heterocycles. The molecule has 7 heteroatoms. The van der Waals surface area contributed by atoms with Crippen LogP contribution in [0.5, 0.6) is 5.75 Å². The molecular formula is C17H23NO4S2. The van der Waals surface area contributed by atoms with Gasteiger partial charge in [0.05, 0.1) is 19.5 Å². The summed E-state index contributed by atoms with van der Waals surface area (Å²) >= 11 is 1.57. The summed E-state index contributed by atoms with van der Waals surface area (Å²) in [4.78, 5) is 0. The van der Waals surface area contributed by atoms with Crippen LogP contribution in [0.3, 0.4) is 0 Å². The highest BCUT2D eigenvalue weighted by atomic mass is 32.2. The number of rotatable bonds is 10. The lowest BCUT2D eigenvalue weighted by Gasteiger charge is -2.21. The average molecular weight is 370 g/mol. The van der Waals surface area contributed by atoms with Gasteiger partial charge in [0.2, 0.25) is 10.0 Å². The molecule has 24 heavy (non-hydrogen) atoms. The third-order valence-corrected chi connectivity index (χ3v) is 6.24. The lowest BCUT2D eigenvalue weighted by molar-refractivity contribution is 0.177. The molecule has 0 bridgehead atoms. The van der Waals surface area contributed by atoms with Gasteiger partial charge in [-0.15, -0.1) is 0 Å². The third kappa shape index (κ3) is 5.59. The molecule has 1 aromatic heterocycles. The highest BCUT2D eigenvalue weighted by Gasteiger charge is 2.22. The van der Waals surface area contributed by atoms with Crippen molar-refractivity contribution in [2.75, 3.05) is 33.1 Å². The number of nitrogens with zero attached hydrogens (tertiary/aromatic N) is 1. The first-order valence-corrected chi connectivity index (χ1v) is 10.2. The minimum absolute atomic E-state index is 0.0766. The van der Waals surface area contributed by atoms with Crippen LogP contribution in [0.2, 0.25) is 0 Å². The van der Waals surface area contributed by atoms with E-state index in [1.165, 1.54) is 4.31 Å². The van der Waals surface area contributed by atoms with Crippen LogP contribution in [-0.2, 0) is 27.7 Å². The summed E-state index contributed by atoms with van der Waals surface area (Å²) in [6.45, 7) is 1.13. The first-order chi connectivity index (χ1) is 11.5. The molecule has 1 aromatic carbocycles. The summed E-state index contributed by atoms with van der Waals surface area (Å²) in [5, 5.41) is 3.92. The van der Waals surface area contributed by atoms with Crippen molar-refractivity contribution in [3.63, 3.8) is 0 Å². The quantitative estimate of drug-likeness (QED) is 0.646. The Bertz CT molecular complexity index is 697. The SMILES string of the molecule is COCCN(Cc1ccsc1)S(=O)(=O)CCc1ccc(OC)cc1. The maximum Gasteiger partial charge on any atom is 0.214 e. The largest absolute Gasteiger partial charge is 0.497 e. The van der Waals surface area contributed by atoms with E-state index in [-0.39, 0.29) is 5.75 Å². The molecule has 1 heterocycles. The molecule has 0 saturated heterocycles. The van der Waals surface area contributed by atoms with Gasteiger partial charge in [-0.3, -0.25) is 0 Å². The van der Waals surface area contributed by atoms with E-state index in [1.54, 1.807) is 25.6 Å². The van der Waals surface area contributed by atoms with E-state index >= 15 is 0 Å². The van der Waals surface area contributed by atoms with E-state index in [9.17, 15) is 8.42 Å². The molecule has 0 aliphatic rings. The smallest absolute Gasteiger partial charge is 0.214 e. The maximum atomic E-state index is 12.7. The van der Waals surface area contributed by atoms with Gasteiger partial charge in [0.1, 0.15) is 5.75 Å². The summed E-state index contributed by atoms with van der Waals surface area (Å²) in [6.07, 6.45) is 0.472. The number of thiophene rings is 1. The third-order valence-electron chi connectivity index (χ3n) is 3.68. The van der Waals surface area contributed by atoms with Crippen molar-refractivity contribution in [1.82, 2.24) is 4.31 Å². The van der Waals surface area contributed by atoms with E-state index in [0.717, 1.165) is 16.9 Å². The van der Waals surface area contributed by atoms with Crippen molar-refractivity contribution < 1.29 is 17.9 Å². The Morgan fingerprint density at radius 1 is 1.08 bits per heavy atom. The predicted octanol–water partition coefficient (Wildman–Crippen LogP) is 2.78. The molecule has 0 spiro atoms. The van der Waals surface area contributed by atoms with Gasteiger partial charge in [0.25, 0.3) is 0 Å². The monoisotopic (exact) mass is 369 g/mol. The van der Waals surface area contributed by atoms with Crippen LogP contribution in [-0.4, -0.2) is 45.8 Å². The van der Waals surface area contributed by atoms with Crippen LogP contribution >= 0.6 is 11.3 Å². The second-order valence-electron chi connectivity index (χ2n) is 5.37. The summed E-state index contributed by atoms with van der Waals surface area (Å²) < 4.78 is 37.1. The van der Waals surface area contributed by atoms with Gasteiger partial charge in [0.15, 0.2) is 0 Å². The summed E-state index contributed by atoms with van der Waals surface area (Å²) in [7, 11) is -0.173. The fraction of sp³-hybridized carbons (Fsp3) is 0.412. The molecular weight excluding hydrogens is 346 g/mol. The van der Waals surface area contributed by atoms with E-state index in [1.807, 2.05) is 41.1 Å². The Hall–Kier alpha value is -1.41. The Morgan fingerprint density at radius 3 is 2.42 bits per heavy atom. The highest BCUT2D eigenvalue weighted by Crippen LogP contribution is 2.16. The summed E-state index contributed by atoms with van der Waals surface area (Å²) in [6, 6.07) is 9.43. The zero-order chi connectivity index (χ0) is 17.4. The fourth-order valence-electron chi connectivity index (χ4n) is 2.26. The lowest BCUT2D eigenvalue weighted by atomic mass is 10.2. The molecule has 0 fully saturated rings. The Labute approximate surface area is 147 Å².